The van der Waals surface area contributed by atoms with Crippen molar-refractivity contribution in [1.82, 2.24) is 4.90 Å². The van der Waals surface area contributed by atoms with Gasteiger partial charge in [-0.25, -0.2) is 0 Å². The highest BCUT2D eigenvalue weighted by Crippen LogP contribution is 2.25. The molecule has 0 spiro atoms. The number of hydrogen-bond donors (Lipinski definition) is 2. The van der Waals surface area contributed by atoms with Crippen LogP contribution in [0, 0.1) is 0 Å². The molecule has 0 unspecified atom stereocenters. The van der Waals surface area contributed by atoms with Gasteiger partial charge in [-0.2, -0.15) is 0 Å². The van der Waals surface area contributed by atoms with Crippen molar-refractivity contribution in [3.05, 3.63) is 65.7 Å². The second-order valence-electron chi connectivity index (χ2n) is 7.31. The zero-order valence-electron chi connectivity index (χ0n) is 17.1. The van der Waals surface area contributed by atoms with Crippen molar-refractivity contribution in [1.29, 1.82) is 0 Å². The molecule has 1 fully saturated rings. The first kappa shape index (κ1) is 22.0. The third-order valence-corrected chi connectivity index (χ3v) is 5.12. The number of amides is 2. The third kappa shape index (κ3) is 5.89. The van der Waals surface area contributed by atoms with Gasteiger partial charge in [0, 0.05) is 19.3 Å². The number of nitrogens with one attached hydrogen (secondary N) is 1. The van der Waals surface area contributed by atoms with Crippen LogP contribution < -0.4 is 5.32 Å². The Kier molecular flexibility index (Phi) is 7.96. The van der Waals surface area contributed by atoms with Gasteiger partial charge >= 0.3 is 0 Å². The van der Waals surface area contributed by atoms with Gasteiger partial charge in [-0.15, -0.1) is 0 Å². The van der Waals surface area contributed by atoms with E-state index in [1.165, 1.54) is 12.7 Å². The summed E-state index contributed by atoms with van der Waals surface area (Å²) in [6, 6.07) is 16.6. The number of ether oxygens (including phenoxy) is 2. The minimum absolute atomic E-state index is 0.0240. The Morgan fingerprint density at radius 1 is 1.23 bits per heavy atom. The molecule has 2 aromatic rings. The van der Waals surface area contributed by atoms with E-state index in [1.807, 2.05) is 18.2 Å². The lowest BCUT2D eigenvalue weighted by atomic mass is 9.99. The fraction of sp³-hybridized carbons (Fsp3) is 0.391. The van der Waals surface area contributed by atoms with Crippen molar-refractivity contribution in [3.8, 4) is 0 Å². The Balaban J connectivity index is 1.62. The van der Waals surface area contributed by atoms with Gasteiger partial charge in [0.25, 0.3) is 0 Å². The van der Waals surface area contributed by atoms with Gasteiger partial charge in [-0.3, -0.25) is 9.59 Å². The van der Waals surface area contributed by atoms with E-state index in [1.54, 1.807) is 29.2 Å². The van der Waals surface area contributed by atoms with E-state index < -0.39 is 12.1 Å². The number of carbonyl (C=O) groups excluding carboxylic acids is 2. The van der Waals surface area contributed by atoms with Crippen LogP contribution in [0.15, 0.2) is 54.6 Å². The summed E-state index contributed by atoms with van der Waals surface area (Å²) in [6.45, 7) is 0.859. The SMILES string of the molecule is COCC(=O)Nc1ccc([C@@H](O)[C@H]2COCC(=O)N2CCCc2ccccc2)cc1. The summed E-state index contributed by atoms with van der Waals surface area (Å²) in [4.78, 5) is 25.8. The van der Waals surface area contributed by atoms with Crippen LogP contribution in [0.2, 0.25) is 0 Å². The maximum atomic E-state index is 12.5. The monoisotopic (exact) mass is 412 g/mol. The number of benzene rings is 2. The third-order valence-electron chi connectivity index (χ3n) is 5.12. The lowest BCUT2D eigenvalue weighted by Crippen LogP contribution is -2.52. The van der Waals surface area contributed by atoms with Gasteiger partial charge in [-0.05, 0) is 36.1 Å². The molecule has 2 aromatic carbocycles. The zero-order chi connectivity index (χ0) is 21.3. The quantitative estimate of drug-likeness (QED) is 0.659. The maximum Gasteiger partial charge on any atom is 0.250 e. The van der Waals surface area contributed by atoms with Gasteiger partial charge in [0.15, 0.2) is 0 Å². The van der Waals surface area contributed by atoms with E-state index in [0.29, 0.717) is 17.8 Å². The summed E-state index contributed by atoms with van der Waals surface area (Å²) in [5.41, 5.74) is 2.50. The fourth-order valence-electron chi connectivity index (χ4n) is 3.59. The molecular weight excluding hydrogens is 384 g/mol. The molecule has 2 N–H and O–H groups in total. The number of anilines is 1. The first-order chi connectivity index (χ1) is 14.6. The van der Waals surface area contributed by atoms with Crippen molar-refractivity contribution in [2.75, 3.05) is 38.8 Å². The van der Waals surface area contributed by atoms with E-state index in [-0.39, 0.29) is 31.6 Å². The second kappa shape index (κ2) is 10.9. The Morgan fingerprint density at radius 2 is 1.97 bits per heavy atom. The molecule has 1 heterocycles. The lowest BCUT2D eigenvalue weighted by Gasteiger charge is -2.38. The summed E-state index contributed by atoms with van der Waals surface area (Å²) in [5, 5.41) is 13.6. The van der Waals surface area contributed by atoms with E-state index >= 15 is 0 Å². The molecule has 30 heavy (non-hydrogen) atoms. The Hall–Kier alpha value is -2.74. The number of nitrogens with zero attached hydrogens (tertiary/aromatic N) is 1. The van der Waals surface area contributed by atoms with E-state index in [2.05, 4.69) is 17.4 Å². The molecule has 0 radical (unpaired) electrons. The van der Waals surface area contributed by atoms with Crippen LogP contribution in [-0.4, -0.2) is 61.3 Å². The van der Waals surface area contributed by atoms with E-state index in [9.17, 15) is 14.7 Å². The van der Waals surface area contributed by atoms with Crippen molar-refractivity contribution in [3.63, 3.8) is 0 Å². The zero-order valence-corrected chi connectivity index (χ0v) is 17.1. The number of morpholine rings is 1. The summed E-state index contributed by atoms with van der Waals surface area (Å²) >= 11 is 0. The van der Waals surface area contributed by atoms with Crippen LogP contribution in [0.1, 0.15) is 23.7 Å². The predicted octanol–water partition coefficient (Wildman–Crippen LogP) is 2.17. The molecule has 1 saturated heterocycles. The van der Waals surface area contributed by atoms with Crippen molar-refractivity contribution in [2.45, 2.75) is 25.0 Å². The second-order valence-corrected chi connectivity index (χ2v) is 7.31. The lowest BCUT2D eigenvalue weighted by molar-refractivity contribution is -0.154. The summed E-state index contributed by atoms with van der Waals surface area (Å²) < 4.78 is 10.2. The van der Waals surface area contributed by atoms with Crippen LogP contribution in [0.25, 0.3) is 0 Å². The molecule has 1 aliphatic rings. The topological polar surface area (TPSA) is 88.1 Å². The average Bonchev–Trinajstić information content (AvgIpc) is 2.76. The summed E-state index contributed by atoms with van der Waals surface area (Å²) in [6.07, 6.45) is 0.794. The standard InChI is InChI=1S/C23H28N2O5/c1-29-15-21(26)24-19-11-9-18(10-12-19)23(28)20-14-30-16-22(27)25(20)13-5-8-17-6-3-2-4-7-17/h2-4,6-7,9-12,20,23,28H,5,8,13-16H2,1H3,(H,24,26)/t20-,23-/m1/s1. The van der Waals surface area contributed by atoms with E-state index in [4.69, 9.17) is 9.47 Å². The molecule has 0 saturated carbocycles. The fourth-order valence-corrected chi connectivity index (χ4v) is 3.59. The number of aryl methyl sites for hydroxylation is 1. The molecule has 2 amide bonds. The van der Waals surface area contributed by atoms with Gasteiger partial charge in [-0.1, -0.05) is 42.5 Å². The van der Waals surface area contributed by atoms with Crippen LogP contribution in [0.5, 0.6) is 0 Å². The van der Waals surface area contributed by atoms with Gasteiger partial charge < -0.3 is 24.8 Å². The molecule has 160 valence electrons. The number of carbonyl (C=O) groups is 2. The highest BCUT2D eigenvalue weighted by molar-refractivity contribution is 5.91. The molecule has 0 bridgehead atoms. The van der Waals surface area contributed by atoms with Crippen molar-refractivity contribution >= 4 is 17.5 Å². The average molecular weight is 412 g/mol. The molecule has 2 atom stereocenters. The van der Waals surface area contributed by atoms with Crippen LogP contribution in [-0.2, 0) is 25.5 Å². The predicted molar refractivity (Wildman–Crippen MR) is 113 cm³/mol. The Morgan fingerprint density at radius 3 is 2.67 bits per heavy atom. The molecule has 1 aliphatic heterocycles. The number of rotatable bonds is 9. The number of aliphatic hydroxyl groups excluding tert-OH is 1. The highest BCUT2D eigenvalue weighted by atomic mass is 16.5. The normalized spacial score (nSPS) is 17.6. The Bertz CT molecular complexity index is 825. The number of aliphatic hydroxyl groups is 1. The largest absolute Gasteiger partial charge is 0.386 e. The minimum atomic E-state index is -0.880. The molecular formula is C23H28N2O5. The minimum Gasteiger partial charge on any atom is -0.386 e. The molecule has 0 aromatic heterocycles. The molecule has 0 aliphatic carbocycles. The van der Waals surface area contributed by atoms with Crippen LogP contribution in [0.4, 0.5) is 5.69 Å². The first-order valence-corrected chi connectivity index (χ1v) is 10.1. The number of methoxy groups -OCH3 is 1. The van der Waals surface area contributed by atoms with E-state index in [0.717, 1.165) is 12.8 Å². The highest BCUT2D eigenvalue weighted by Gasteiger charge is 2.34. The van der Waals surface area contributed by atoms with Crippen molar-refractivity contribution < 1.29 is 24.2 Å². The molecule has 3 rings (SSSR count). The molecule has 7 heteroatoms. The molecule has 7 nitrogen and oxygen atoms in total. The van der Waals surface area contributed by atoms with Crippen LogP contribution >= 0.6 is 0 Å². The van der Waals surface area contributed by atoms with Gasteiger partial charge in [0.05, 0.1) is 12.6 Å². The smallest absolute Gasteiger partial charge is 0.250 e. The Labute approximate surface area is 176 Å². The number of hydrogen-bond acceptors (Lipinski definition) is 5. The van der Waals surface area contributed by atoms with Crippen molar-refractivity contribution in [2.24, 2.45) is 0 Å². The summed E-state index contributed by atoms with van der Waals surface area (Å²) in [5.74, 6) is -0.358. The van der Waals surface area contributed by atoms with Crippen LogP contribution in [0.3, 0.4) is 0 Å². The summed E-state index contributed by atoms with van der Waals surface area (Å²) in [7, 11) is 1.46. The van der Waals surface area contributed by atoms with Gasteiger partial charge in [0.2, 0.25) is 11.8 Å². The first-order valence-electron chi connectivity index (χ1n) is 10.1. The maximum absolute atomic E-state index is 12.5. The van der Waals surface area contributed by atoms with Gasteiger partial charge in [0.1, 0.15) is 19.3 Å².